The van der Waals surface area contributed by atoms with Crippen LogP contribution in [0.25, 0.3) is 0 Å². The highest BCUT2D eigenvalue weighted by Crippen LogP contribution is 2.38. The molecule has 1 aliphatic rings. The molecule has 1 atom stereocenters. The third kappa shape index (κ3) is 4.93. The number of ether oxygens (including phenoxy) is 1. The van der Waals surface area contributed by atoms with Gasteiger partial charge in [0.1, 0.15) is 5.75 Å². The Morgan fingerprint density at radius 1 is 1.33 bits per heavy atom. The maximum atomic E-state index is 11.7. The Labute approximate surface area is 125 Å². The van der Waals surface area contributed by atoms with Crippen LogP contribution in [0.3, 0.4) is 0 Å². The number of rotatable bonds is 7. The average Bonchev–Trinajstić information content (AvgIpc) is 3.31. The Hall–Kier alpha value is -1.75. The van der Waals surface area contributed by atoms with Crippen molar-refractivity contribution in [2.75, 3.05) is 20.2 Å². The lowest BCUT2D eigenvalue weighted by molar-refractivity contribution is 0.0394. The minimum Gasteiger partial charge on any atom is -0.497 e. The summed E-state index contributed by atoms with van der Waals surface area (Å²) in [6, 6.07) is 7.54. The van der Waals surface area contributed by atoms with Crippen molar-refractivity contribution < 1.29 is 14.6 Å². The molecule has 0 saturated heterocycles. The Kier molecular flexibility index (Phi) is 5.07. The molecule has 5 nitrogen and oxygen atoms in total. The van der Waals surface area contributed by atoms with E-state index in [1.54, 1.807) is 14.0 Å². The predicted molar refractivity (Wildman–Crippen MR) is 81.4 cm³/mol. The summed E-state index contributed by atoms with van der Waals surface area (Å²) in [5.74, 6) is 1.16. The molecule has 0 radical (unpaired) electrons. The summed E-state index contributed by atoms with van der Waals surface area (Å²) in [6.45, 7) is 2.64. The SMILES string of the molecule is COc1ccc(CCNC(=O)NC[C@](C)(O)C2CC2)cc1. The van der Waals surface area contributed by atoms with Crippen LogP contribution in [0.5, 0.6) is 5.75 Å². The van der Waals surface area contributed by atoms with Gasteiger partial charge in [-0.1, -0.05) is 12.1 Å². The number of urea groups is 1. The van der Waals surface area contributed by atoms with Crippen LogP contribution in [-0.2, 0) is 6.42 Å². The normalized spacial score (nSPS) is 16.9. The molecular weight excluding hydrogens is 268 g/mol. The maximum Gasteiger partial charge on any atom is 0.314 e. The summed E-state index contributed by atoms with van der Waals surface area (Å²) < 4.78 is 5.10. The summed E-state index contributed by atoms with van der Waals surface area (Å²) >= 11 is 0. The molecular formula is C16H24N2O3. The van der Waals surface area contributed by atoms with Crippen molar-refractivity contribution in [2.45, 2.75) is 31.8 Å². The zero-order valence-corrected chi connectivity index (χ0v) is 12.7. The first-order chi connectivity index (χ1) is 10.0. The van der Waals surface area contributed by atoms with E-state index in [0.29, 0.717) is 19.0 Å². The standard InChI is InChI=1S/C16H24N2O3/c1-16(20,13-5-6-13)11-18-15(19)17-10-9-12-3-7-14(21-2)8-4-12/h3-4,7-8,13,20H,5-6,9-11H2,1-2H3,(H2,17,18,19)/t16-/m0/s1. The van der Waals surface area contributed by atoms with E-state index in [9.17, 15) is 9.90 Å². The van der Waals surface area contributed by atoms with E-state index in [2.05, 4.69) is 10.6 Å². The highest BCUT2D eigenvalue weighted by Gasteiger charge is 2.39. The fourth-order valence-electron chi connectivity index (χ4n) is 2.28. The number of amides is 2. The Morgan fingerprint density at radius 2 is 2.00 bits per heavy atom. The van der Waals surface area contributed by atoms with Crippen molar-refractivity contribution in [3.8, 4) is 5.75 Å². The molecule has 5 heteroatoms. The van der Waals surface area contributed by atoms with E-state index < -0.39 is 5.60 Å². The quantitative estimate of drug-likeness (QED) is 0.716. The number of carbonyl (C=O) groups is 1. The van der Waals surface area contributed by atoms with Gasteiger partial charge in [0.05, 0.1) is 12.7 Å². The van der Waals surface area contributed by atoms with Crippen LogP contribution in [0.4, 0.5) is 4.79 Å². The average molecular weight is 292 g/mol. The number of hydrogen-bond donors (Lipinski definition) is 3. The van der Waals surface area contributed by atoms with Crippen LogP contribution in [0.15, 0.2) is 24.3 Å². The van der Waals surface area contributed by atoms with Crippen LogP contribution in [0.1, 0.15) is 25.3 Å². The van der Waals surface area contributed by atoms with Gasteiger partial charge < -0.3 is 20.5 Å². The molecule has 0 bridgehead atoms. The van der Waals surface area contributed by atoms with Crippen molar-refractivity contribution in [3.05, 3.63) is 29.8 Å². The largest absolute Gasteiger partial charge is 0.497 e. The summed E-state index contributed by atoms with van der Waals surface area (Å²) in [5.41, 5.74) is 0.355. The van der Waals surface area contributed by atoms with E-state index in [1.807, 2.05) is 24.3 Å². The zero-order chi connectivity index (χ0) is 15.3. The lowest BCUT2D eigenvalue weighted by Gasteiger charge is -2.23. The van der Waals surface area contributed by atoms with Gasteiger partial charge in [0.25, 0.3) is 0 Å². The molecule has 1 aromatic carbocycles. The molecule has 1 aromatic rings. The van der Waals surface area contributed by atoms with Crippen molar-refractivity contribution in [1.29, 1.82) is 0 Å². The van der Waals surface area contributed by atoms with Gasteiger partial charge in [0.2, 0.25) is 0 Å². The second-order valence-corrected chi connectivity index (χ2v) is 5.84. The Balaban J connectivity index is 1.64. The molecule has 1 fully saturated rings. The first kappa shape index (κ1) is 15.6. The van der Waals surface area contributed by atoms with Gasteiger partial charge >= 0.3 is 6.03 Å². The van der Waals surface area contributed by atoms with Crippen LogP contribution in [-0.4, -0.2) is 36.9 Å². The predicted octanol–water partition coefficient (Wildman–Crippen LogP) is 1.70. The Bertz CT molecular complexity index is 467. The van der Waals surface area contributed by atoms with Crippen molar-refractivity contribution in [2.24, 2.45) is 5.92 Å². The summed E-state index contributed by atoms with van der Waals surface area (Å²) in [4.78, 5) is 11.7. The van der Waals surface area contributed by atoms with Gasteiger partial charge in [-0.15, -0.1) is 0 Å². The van der Waals surface area contributed by atoms with Crippen molar-refractivity contribution in [3.63, 3.8) is 0 Å². The molecule has 21 heavy (non-hydrogen) atoms. The number of nitrogens with one attached hydrogen (secondary N) is 2. The maximum absolute atomic E-state index is 11.7. The molecule has 0 aliphatic heterocycles. The third-order valence-corrected chi connectivity index (χ3v) is 3.92. The molecule has 116 valence electrons. The van der Waals surface area contributed by atoms with Gasteiger partial charge in [-0.3, -0.25) is 0 Å². The number of carbonyl (C=O) groups excluding carboxylic acids is 1. The summed E-state index contributed by atoms with van der Waals surface area (Å²) in [5, 5.41) is 15.6. The lowest BCUT2D eigenvalue weighted by atomic mass is 10.0. The van der Waals surface area contributed by atoms with Crippen LogP contribution in [0.2, 0.25) is 0 Å². The third-order valence-electron chi connectivity index (χ3n) is 3.92. The van der Waals surface area contributed by atoms with E-state index in [4.69, 9.17) is 4.74 Å². The Morgan fingerprint density at radius 3 is 2.57 bits per heavy atom. The fraction of sp³-hybridized carbons (Fsp3) is 0.562. The van der Waals surface area contributed by atoms with E-state index in [0.717, 1.165) is 30.6 Å². The first-order valence-electron chi connectivity index (χ1n) is 7.38. The second-order valence-electron chi connectivity index (χ2n) is 5.84. The minimum atomic E-state index is -0.784. The molecule has 0 spiro atoms. The first-order valence-corrected chi connectivity index (χ1v) is 7.38. The van der Waals surface area contributed by atoms with E-state index in [1.165, 1.54) is 0 Å². The minimum absolute atomic E-state index is 0.232. The molecule has 0 unspecified atom stereocenters. The van der Waals surface area contributed by atoms with Gasteiger partial charge in [-0.05, 0) is 49.8 Å². The lowest BCUT2D eigenvalue weighted by Crippen LogP contribution is -2.46. The van der Waals surface area contributed by atoms with E-state index >= 15 is 0 Å². The summed E-state index contributed by atoms with van der Waals surface area (Å²) in [7, 11) is 1.64. The van der Waals surface area contributed by atoms with Gasteiger partial charge in [-0.2, -0.15) is 0 Å². The molecule has 0 heterocycles. The smallest absolute Gasteiger partial charge is 0.314 e. The molecule has 3 N–H and O–H groups in total. The van der Waals surface area contributed by atoms with Gasteiger partial charge in [0.15, 0.2) is 0 Å². The second kappa shape index (κ2) is 6.80. The van der Waals surface area contributed by atoms with Crippen LogP contribution in [0, 0.1) is 5.92 Å². The fourth-order valence-corrected chi connectivity index (χ4v) is 2.28. The molecule has 2 rings (SSSR count). The summed E-state index contributed by atoms with van der Waals surface area (Å²) in [6.07, 6.45) is 2.86. The van der Waals surface area contributed by atoms with Crippen LogP contribution < -0.4 is 15.4 Å². The number of benzene rings is 1. The number of hydrogen-bond acceptors (Lipinski definition) is 3. The highest BCUT2D eigenvalue weighted by molar-refractivity contribution is 5.73. The van der Waals surface area contributed by atoms with Crippen LogP contribution >= 0.6 is 0 Å². The van der Waals surface area contributed by atoms with Crippen molar-refractivity contribution >= 4 is 6.03 Å². The number of aliphatic hydroxyl groups is 1. The van der Waals surface area contributed by atoms with Gasteiger partial charge in [-0.25, -0.2) is 4.79 Å². The molecule has 1 saturated carbocycles. The zero-order valence-electron chi connectivity index (χ0n) is 12.7. The molecule has 1 aliphatic carbocycles. The van der Waals surface area contributed by atoms with Crippen molar-refractivity contribution in [1.82, 2.24) is 10.6 Å². The number of methoxy groups -OCH3 is 1. The molecule has 0 aromatic heterocycles. The molecule has 2 amide bonds. The monoisotopic (exact) mass is 292 g/mol. The van der Waals surface area contributed by atoms with Gasteiger partial charge in [0, 0.05) is 13.1 Å². The highest BCUT2D eigenvalue weighted by atomic mass is 16.5. The topological polar surface area (TPSA) is 70.6 Å². The van der Waals surface area contributed by atoms with E-state index in [-0.39, 0.29) is 6.03 Å².